The lowest BCUT2D eigenvalue weighted by Crippen LogP contribution is -2.53. The van der Waals surface area contributed by atoms with Crippen molar-refractivity contribution in [2.24, 2.45) is 0 Å². The van der Waals surface area contributed by atoms with Gasteiger partial charge in [-0.2, -0.15) is 0 Å². The molecule has 0 aromatic rings. The van der Waals surface area contributed by atoms with Crippen molar-refractivity contribution in [1.82, 2.24) is 4.90 Å². The van der Waals surface area contributed by atoms with E-state index in [9.17, 15) is 13.6 Å². The van der Waals surface area contributed by atoms with Crippen molar-refractivity contribution in [2.45, 2.75) is 63.6 Å². The van der Waals surface area contributed by atoms with Crippen LogP contribution in [0.15, 0.2) is 0 Å². The summed E-state index contributed by atoms with van der Waals surface area (Å²) >= 11 is 0. The van der Waals surface area contributed by atoms with E-state index in [2.05, 4.69) is 0 Å². The average molecular weight is 291 g/mol. The first kappa shape index (κ1) is 15.5. The van der Waals surface area contributed by atoms with E-state index in [0.717, 1.165) is 0 Å². The Hall–Kier alpha value is -0.910. The molecule has 4 nitrogen and oxygen atoms in total. The van der Waals surface area contributed by atoms with Gasteiger partial charge in [0.25, 0.3) is 5.92 Å². The van der Waals surface area contributed by atoms with Gasteiger partial charge in [0.05, 0.1) is 12.2 Å². The Bertz CT molecular complexity index is 371. The highest BCUT2D eigenvalue weighted by atomic mass is 19.3. The number of likely N-dealkylation sites (tertiary alicyclic amines) is 1. The summed E-state index contributed by atoms with van der Waals surface area (Å²) < 4.78 is 38.0. The van der Waals surface area contributed by atoms with Gasteiger partial charge in [0.2, 0.25) is 0 Å². The predicted octanol–water partition coefficient (Wildman–Crippen LogP) is 3.20. The molecule has 20 heavy (non-hydrogen) atoms. The Morgan fingerprint density at radius 3 is 2.30 bits per heavy atom. The summed E-state index contributed by atoms with van der Waals surface area (Å²) in [6, 6.07) is 0. The van der Waals surface area contributed by atoms with Crippen molar-refractivity contribution >= 4 is 6.09 Å². The van der Waals surface area contributed by atoms with E-state index in [1.165, 1.54) is 0 Å². The Kier molecular flexibility index (Phi) is 3.97. The van der Waals surface area contributed by atoms with E-state index in [1.54, 1.807) is 25.7 Å². The van der Waals surface area contributed by atoms with Crippen molar-refractivity contribution in [2.75, 3.05) is 19.7 Å². The molecule has 0 bridgehead atoms. The maximum Gasteiger partial charge on any atom is 0.410 e. The maximum absolute atomic E-state index is 13.5. The molecule has 2 saturated heterocycles. The summed E-state index contributed by atoms with van der Waals surface area (Å²) in [6.07, 6.45) is 0.0750. The molecule has 2 rings (SSSR count). The number of alkyl halides is 2. The minimum atomic E-state index is -2.65. The fraction of sp³-hybridized carbons (Fsp3) is 0.929. The van der Waals surface area contributed by atoms with Crippen LogP contribution in [0.25, 0.3) is 0 Å². The molecule has 2 aliphatic heterocycles. The lowest BCUT2D eigenvalue weighted by molar-refractivity contribution is -0.192. The zero-order chi connectivity index (χ0) is 15.0. The number of piperidine rings is 1. The fourth-order valence-electron chi connectivity index (χ4n) is 2.77. The van der Waals surface area contributed by atoms with Crippen LogP contribution in [0.2, 0.25) is 0 Å². The van der Waals surface area contributed by atoms with Crippen LogP contribution in [-0.4, -0.2) is 47.8 Å². The molecule has 6 heteroatoms. The van der Waals surface area contributed by atoms with Gasteiger partial charge in [0, 0.05) is 25.9 Å². The second-order valence-electron chi connectivity index (χ2n) is 6.78. The third-order valence-corrected chi connectivity index (χ3v) is 3.78. The fourth-order valence-corrected chi connectivity index (χ4v) is 2.77. The topological polar surface area (TPSA) is 38.8 Å². The van der Waals surface area contributed by atoms with Crippen molar-refractivity contribution in [3.8, 4) is 0 Å². The van der Waals surface area contributed by atoms with Gasteiger partial charge < -0.3 is 14.4 Å². The van der Waals surface area contributed by atoms with Gasteiger partial charge in [-0.3, -0.25) is 0 Å². The summed E-state index contributed by atoms with van der Waals surface area (Å²) in [5.74, 6) is -2.65. The molecule has 0 atom stereocenters. The molecule has 0 unspecified atom stereocenters. The largest absolute Gasteiger partial charge is 0.444 e. The SMILES string of the molecule is CC(C)(C)OC(=O)N1CCC2(CC1)CC(F)(F)CCO2. The van der Waals surface area contributed by atoms with E-state index in [0.29, 0.717) is 25.9 Å². The number of carbonyl (C=O) groups is 1. The van der Waals surface area contributed by atoms with Crippen LogP contribution in [0.1, 0.15) is 46.5 Å². The average Bonchev–Trinajstić information content (AvgIpc) is 2.25. The monoisotopic (exact) mass is 291 g/mol. The molecule has 0 aromatic carbocycles. The quantitative estimate of drug-likeness (QED) is 0.688. The van der Waals surface area contributed by atoms with Gasteiger partial charge in [-0.05, 0) is 33.6 Å². The maximum atomic E-state index is 13.5. The molecule has 0 radical (unpaired) electrons. The van der Waals surface area contributed by atoms with Gasteiger partial charge in [-0.15, -0.1) is 0 Å². The summed E-state index contributed by atoms with van der Waals surface area (Å²) in [7, 11) is 0. The number of nitrogens with zero attached hydrogens (tertiary/aromatic N) is 1. The minimum absolute atomic E-state index is 0.0967. The normalized spacial score (nSPS) is 25.6. The van der Waals surface area contributed by atoms with E-state index in [1.807, 2.05) is 0 Å². The predicted molar refractivity (Wildman–Crippen MR) is 69.9 cm³/mol. The second-order valence-corrected chi connectivity index (χ2v) is 6.78. The Morgan fingerprint density at radius 1 is 1.20 bits per heavy atom. The van der Waals surface area contributed by atoms with Gasteiger partial charge in [-0.25, -0.2) is 13.6 Å². The lowest BCUT2D eigenvalue weighted by Gasteiger charge is -2.45. The van der Waals surface area contributed by atoms with Crippen molar-refractivity contribution < 1.29 is 23.0 Å². The van der Waals surface area contributed by atoms with Crippen molar-refractivity contribution in [3.63, 3.8) is 0 Å². The highest BCUT2D eigenvalue weighted by Crippen LogP contribution is 2.42. The van der Waals surface area contributed by atoms with Crippen LogP contribution in [0, 0.1) is 0 Å². The molecule has 0 N–H and O–H groups in total. The Morgan fingerprint density at radius 2 is 1.80 bits per heavy atom. The molecule has 2 aliphatic rings. The van der Waals surface area contributed by atoms with E-state index >= 15 is 0 Å². The number of rotatable bonds is 0. The van der Waals surface area contributed by atoms with Crippen LogP contribution in [-0.2, 0) is 9.47 Å². The van der Waals surface area contributed by atoms with Gasteiger partial charge in [0.1, 0.15) is 5.60 Å². The van der Waals surface area contributed by atoms with Gasteiger partial charge in [0.15, 0.2) is 0 Å². The summed E-state index contributed by atoms with van der Waals surface area (Å²) in [6.45, 7) is 6.33. The number of hydrogen-bond donors (Lipinski definition) is 0. The first-order valence-electron chi connectivity index (χ1n) is 7.11. The van der Waals surface area contributed by atoms with Crippen LogP contribution in [0.4, 0.5) is 13.6 Å². The smallest absolute Gasteiger partial charge is 0.410 e. The molecule has 0 aliphatic carbocycles. The third-order valence-electron chi connectivity index (χ3n) is 3.78. The van der Waals surface area contributed by atoms with Crippen LogP contribution >= 0.6 is 0 Å². The van der Waals surface area contributed by atoms with Crippen molar-refractivity contribution in [1.29, 1.82) is 0 Å². The standard InChI is InChI=1S/C14H23F2NO3/c1-12(2,3)20-11(18)17-7-4-13(5-8-17)10-14(15,16)6-9-19-13/h4-10H2,1-3H3. The third kappa shape index (κ3) is 3.81. The molecular formula is C14H23F2NO3. The summed E-state index contributed by atoms with van der Waals surface area (Å²) in [5.41, 5.74) is -1.30. The highest BCUT2D eigenvalue weighted by molar-refractivity contribution is 5.68. The zero-order valence-electron chi connectivity index (χ0n) is 12.4. The number of carbonyl (C=O) groups excluding carboxylic acids is 1. The molecule has 116 valence electrons. The molecule has 1 spiro atoms. The van der Waals surface area contributed by atoms with E-state index in [-0.39, 0.29) is 25.5 Å². The lowest BCUT2D eigenvalue weighted by atomic mass is 9.83. The van der Waals surface area contributed by atoms with Crippen LogP contribution in [0.3, 0.4) is 0 Å². The number of ether oxygens (including phenoxy) is 2. The summed E-state index contributed by atoms with van der Waals surface area (Å²) in [4.78, 5) is 13.5. The molecular weight excluding hydrogens is 268 g/mol. The van der Waals surface area contributed by atoms with Crippen LogP contribution < -0.4 is 0 Å². The highest BCUT2D eigenvalue weighted by Gasteiger charge is 2.48. The number of amides is 1. The Balaban J connectivity index is 1.90. The first-order chi connectivity index (χ1) is 9.11. The van der Waals surface area contributed by atoms with Gasteiger partial charge >= 0.3 is 6.09 Å². The van der Waals surface area contributed by atoms with Crippen molar-refractivity contribution in [3.05, 3.63) is 0 Å². The molecule has 2 fully saturated rings. The minimum Gasteiger partial charge on any atom is -0.444 e. The Labute approximate surface area is 118 Å². The number of halogens is 2. The molecule has 2 heterocycles. The zero-order valence-corrected chi connectivity index (χ0v) is 12.4. The van der Waals surface area contributed by atoms with E-state index < -0.39 is 17.1 Å². The molecule has 1 amide bonds. The van der Waals surface area contributed by atoms with Gasteiger partial charge in [-0.1, -0.05) is 0 Å². The van der Waals surface area contributed by atoms with Crippen LogP contribution in [0.5, 0.6) is 0 Å². The molecule has 0 aromatic heterocycles. The number of hydrogen-bond acceptors (Lipinski definition) is 3. The van der Waals surface area contributed by atoms with E-state index in [4.69, 9.17) is 9.47 Å². The first-order valence-corrected chi connectivity index (χ1v) is 7.11. The molecule has 0 saturated carbocycles. The summed E-state index contributed by atoms with van der Waals surface area (Å²) in [5, 5.41) is 0. The second kappa shape index (κ2) is 5.13.